The number of ether oxygens (including phenoxy) is 1. The van der Waals surface area contributed by atoms with Crippen molar-refractivity contribution in [1.29, 1.82) is 0 Å². The third-order valence-electron chi connectivity index (χ3n) is 2.75. The number of aliphatic imine (C=N–C) groups is 1. The molecule has 0 spiro atoms. The second-order valence-corrected chi connectivity index (χ2v) is 4.83. The van der Waals surface area contributed by atoms with E-state index in [2.05, 4.69) is 4.99 Å². The van der Waals surface area contributed by atoms with E-state index >= 15 is 0 Å². The van der Waals surface area contributed by atoms with Crippen molar-refractivity contribution in [2.45, 2.75) is 13.8 Å². The Kier molecular flexibility index (Phi) is 4.61. The lowest BCUT2D eigenvalue weighted by Crippen LogP contribution is -1.91. The van der Waals surface area contributed by atoms with Crippen molar-refractivity contribution in [1.82, 2.24) is 0 Å². The molecule has 2 rings (SSSR count). The average molecular weight is 281 g/mol. The summed E-state index contributed by atoms with van der Waals surface area (Å²) in [4.78, 5) is 4.34. The van der Waals surface area contributed by atoms with E-state index in [1.54, 1.807) is 31.3 Å². The summed E-state index contributed by atoms with van der Waals surface area (Å²) < 4.78 is 5.88. The van der Waals surface area contributed by atoms with Crippen molar-refractivity contribution in [2.24, 2.45) is 10.7 Å². The molecule has 0 heterocycles. The molecule has 0 aliphatic carbocycles. The molecule has 4 heteroatoms. The molecule has 0 atom stereocenters. The Bertz CT molecular complexity index is 686. The van der Waals surface area contributed by atoms with Crippen LogP contribution in [0, 0.1) is 6.92 Å². The van der Waals surface area contributed by atoms with E-state index in [-0.39, 0.29) is 0 Å². The number of allylic oxidation sites excluding steroid dienone is 2. The highest BCUT2D eigenvalue weighted by Gasteiger charge is 2.05. The molecule has 0 unspecified atom stereocenters. The van der Waals surface area contributed by atoms with Gasteiger partial charge in [0.15, 0.2) is 5.75 Å². The number of aryl methyl sites for hydroxylation is 1. The molecule has 0 saturated heterocycles. The van der Waals surface area contributed by atoms with Gasteiger partial charge in [-0.2, -0.15) is 0 Å². The van der Waals surface area contributed by atoms with Crippen LogP contribution >= 0.6 is 0 Å². The van der Waals surface area contributed by atoms with E-state index in [0.717, 1.165) is 11.3 Å². The molecule has 0 fully saturated rings. The smallest absolute Gasteiger partial charge is 0.155 e. The highest BCUT2D eigenvalue weighted by Crippen LogP contribution is 2.33. The van der Waals surface area contributed by atoms with Crippen LogP contribution in [-0.4, -0.2) is 6.21 Å². The van der Waals surface area contributed by atoms with Crippen LogP contribution in [0.3, 0.4) is 0 Å². The number of benzene rings is 2. The van der Waals surface area contributed by atoms with Crippen molar-refractivity contribution in [3.8, 4) is 11.5 Å². The van der Waals surface area contributed by atoms with Crippen molar-refractivity contribution in [2.75, 3.05) is 5.73 Å². The molecule has 4 N–H and O–H groups in total. The van der Waals surface area contributed by atoms with Crippen LogP contribution in [0.15, 0.2) is 59.2 Å². The van der Waals surface area contributed by atoms with E-state index < -0.39 is 0 Å². The SMILES string of the molecule is C/C(N)=C/C=Nc1ccc(N)cc1Oc1cccc(C)c1. The summed E-state index contributed by atoms with van der Waals surface area (Å²) in [5.41, 5.74) is 14.5. The van der Waals surface area contributed by atoms with Crippen LogP contribution in [0.25, 0.3) is 0 Å². The van der Waals surface area contributed by atoms with Gasteiger partial charge < -0.3 is 16.2 Å². The minimum Gasteiger partial charge on any atom is -0.455 e. The highest BCUT2D eigenvalue weighted by molar-refractivity contribution is 5.77. The number of rotatable bonds is 4. The molecule has 0 bridgehead atoms. The number of anilines is 1. The quantitative estimate of drug-likeness (QED) is 0.658. The standard InChI is InChI=1S/C17H19N3O/c1-12-4-3-5-15(10-12)21-17-11-14(19)6-7-16(17)20-9-8-13(2)18/h3-11H,18-19H2,1-2H3/b13-8-,20-9?. The molecule has 0 aliphatic rings. The van der Waals surface area contributed by atoms with Gasteiger partial charge in [-0.05, 0) is 49.8 Å². The van der Waals surface area contributed by atoms with Crippen molar-refractivity contribution >= 4 is 17.6 Å². The fourth-order valence-electron chi connectivity index (χ4n) is 1.76. The van der Waals surface area contributed by atoms with Crippen LogP contribution < -0.4 is 16.2 Å². The van der Waals surface area contributed by atoms with Gasteiger partial charge in [0.1, 0.15) is 11.4 Å². The zero-order valence-electron chi connectivity index (χ0n) is 12.2. The molecule has 0 radical (unpaired) electrons. The molecule has 21 heavy (non-hydrogen) atoms. The third-order valence-corrected chi connectivity index (χ3v) is 2.75. The topological polar surface area (TPSA) is 73.6 Å². The van der Waals surface area contributed by atoms with Crippen LogP contribution in [-0.2, 0) is 0 Å². The zero-order chi connectivity index (χ0) is 15.2. The van der Waals surface area contributed by atoms with Gasteiger partial charge in [0.05, 0.1) is 0 Å². The molecule has 0 amide bonds. The summed E-state index contributed by atoms with van der Waals surface area (Å²) >= 11 is 0. The molecule has 0 aliphatic heterocycles. The Balaban J connectivity index is 2.31. The van der Waals surface area contributed by atoms with Crippen molar-refractivity contribution < 1.29 is 4.74 Å². The lowest BCUT2D eigenvalue weighted by Gasteiger charge is -2.09. The Labute approximate surface area is 124 Å². The van der Waals surface area contributed by atoms with Crippen LogP contribution in [0.4, 0.5) is 11.4 Å². The second-order valence-electron chi connectivity index (χ2n) is 4.83. The van der Waals surface area contributed by atoms with E-state index in [9.17, 15) is 0 Å². The number of nitrogen functional groups attached to an aromatic ring is 1. The molecule has 0 saturated carbocycles. The second kappa shape index (κ2) is 6.61. The Morgan fingerprint density at radius 3 is 2.71 bits per heavy atom. The van der Waals surface area contributed by atoms with E-state index in [0.29, 0.717) is 22.8 Å². The van der Waals surface area contributed by atoms with Gasteiger partial charge in [0, 0.05) is 23.7 Å². The molecule has 2 aromatic carbocycles. The van der Waals surface area contributed by atoms with Gasteiger partial charge >= 0.3 is 0 Å². The van der Waals surface area contributed by atoms with Crippen molar-refractivity contribution in [3.63, 3.8) is 0 Å². The molecule has 2 aromatic rings. The van der Waals surface area contributed by atoms with Crippen LogP contribution in [0.1, 0.15) is 12.5 Å². The summed E-state index contributed by atoms with van der Waals surface area (Å²) in [5.74, 6) is 1.36. The lowest BCUT2D eigenvalue weighted by atomic mass is 10.2. The predicted molar refractivity (Wildman–Crippen MR) is 88.2 cm³/mol. The minimum absolute atomic E-state index is 0.611. The van der Waals surface area contributed by atoms with Crippen LogP contribution in [0.2, 0.25) is 0 Å². The average Bonchev–Trinajstić information content (AvgIpc) is 2.41. The number of hydrogen-bond donors (Lipinski definition) is 2. The fraction of sp³-hybridized carbons (Fsp3) is 0.118. The first kappa shape index (κ1) is 14.7. The molecule has 4 nitrogen and oxygen atoms in total. The molecular weight excluding hydrogens is 262 g/mol. The molecule has 108 valence electrons. The van der Waals surface area contributed by atoms with E-state index in [1.807, 2.05) is 37.3 Å². The Morgan fingerprint density at radius 1 is 1.19 bits per heavy atom. The fourth-order valence-corrected chi connectivity index (χ4v) is 1.76. The highest BCUT2D eigenvalue weighted by atomic mass is 16.5. The first-order valence-corrected chi connectivity index (χ1v) is 6.65. The first-order chi connectivity index (χ1) is 10.0. The maximum Gasteiger partial charge on any atom is 0.155 e. The van der Waals surface area contributed by atoms with Crippen molar-refractivity contribution in [3.05, 3.63) is 59.8 Å². The van der Waals surface area contributed by atoms with Gasteiger partial charge in [-0.25, -0.2) is 0 Å². The summed E-state index contributed by atoms with van der Waals surface area (Å²) in [6, 6.07) is 13.2. The summed E-state index contributed by atoms with van der Waals surface area (Å²) in [5, 5.41) is 0. The maximum atomic E-state index is 5.88. The first-order valence-electron chi connectivity index (χ1n) is 6.65. The number of nitrogens with two attached hydrogens (primary N) is 2. The largest absolute Gasteiger partial charge is 0.455 e. The van der Waals surface area contributed by atoms with E-state index in [1.165, 1.54) is 0 Å². The zero-order valence-corrected chi connectivity index (χ0v) is 12.2. The van der Waals surface area contributed by atoms with Gasteiger partial charge in [0.2, 0.25) is 0 Å². The lowest BCUT2D eigenvalue weighted by molar-refractivity contribution is 0.484. The minimum atomic E-state index is 0.611. The summed E-state index contributed by atoms with van der Waals surface area (Å²) in [6.07, 6.45) is 3.37. The summed E-state index contributed by atoms with van der Waals surface area (Å²) in [6.45, 7) is 3.82. The van der Waals surface area contributed by atoms with E-state index in [4.69, 9.17) is 16.2 Å². The molecular formula is C17H19N3O. The number of nitrogens with zero attached hydrogens (tertiary/aromatic N) is 1. The Hall–Kier alpha value is -2.75. The third kappa shape index (κ3) is 4.38. The van der Waals surface area contributed by atoms with Gasteiger partial charge in [-0.15, -0.1) is 0 Å². The molecule has 0 aromatic heterocycles. The van der Waals surface area contributed by atoms with Gasteiger partial charge in [-0.3, -0.25) is 4.99 Å². The monoisotopic (exact) mass is 281 g/mol. The maximum absolute atomic E-state index is 5.88. The Morgan fingerprint density at radius 2 is 2.00 bits per heavy atom. The van der Waals surface area contributed by atoms with Gasteiger partial charge in [-0.1, -0.05) is 12.1 Å². The predicted octanol–water partition coefficient (Wildman–Crippen LogP) is 3.93. The summed E-state index contributed by atoms with van der Waals surface area (Å²) in [7, 11) is 0. The number of hydrogen-bond acceptors (Lipinski definition) is 4. The normalized spacial score (nSPS) is 11.8. The van der Waals surface area contributed by atoms with Crippen LogP contribution in [0.5, 0.6) is 11.5 Å². The van der Waals surface area contributed by atoms with Gasteiger partial charge in [0.25, 0.3) is 0 Å².